The zero-order valence-electron chi connectivity index (χ0n) is 22.6. The van der Waals surface area contributed by atoms with E-state index < -0.39 is 29.8 Å². The fourth-order valence-electron chi connectivity index (χ4n) is 5.07. The first kappa shape index (κ1) is 28.5. The predicted molar refractivity (Wildman–Crippen MR) is 150 cm³/mol. The molecule has 2 aliphatic rings. The molecule has 2 aromatic carbocycles. The molecule has 1 saturated heterocycles. The topological polar surface area (TPSA) is 113 Å². The Hall–Kier alpha value is -3.99. The van der Waals surface area contributed by atoms with Gasteiger partial charge in [-0.15, -0.1) is 0 Å². The minimum Gasteiger partial charge on any atom is -0.350 e. The molecule has 1 saturated carbocycles. The molecule has 5 rings (SSSR count). The van der Waals surface area contributed by atoms with Crippen LogP contribution in [0.3, 0.4) is 0 Å². The lowest BCUT2D eigenvalue weighted by Gasteiger charge is -2.24. The van der Waals surface area contributed by atoms with E-state index in [1.165, 1.54) is 24.0 Å². The Morgan fingerprint density at radius 1 is 1.15 bits per heavy atom. The number of nitrogens with one attached hydrogen (secondary N) is 3. The van der Waals surface area contributed by atoms with Crippen molar-refractivity contribution in [3.8, 4) is 0 Å². The number of carbonyl (C=O) groups excluding carboxylic acids is 4. The van der Waals surface area contributed by atoms with Crippen LogP contribution in [0, 0.1) is 5.82 Å². The van der Waals surface area contributed by atoms with Gasteiger partial charge in [-0.25, -0.2) is 13.6 Å². The van der Waals surface area contributed by atoms with Crippen LogP contribution in [0.4, 0.5) is 19.3 Å². The van der Waals surface area contributed by atoms with Crippen molar-refractivity contribution in [2.24, 2.45) is 0 Å². The number of nitrogens with zero attached hydrogens (tertiary/aromatic N) is 2. The molecule has 0 spiro atoms. The van der Waals surface area contributed by atoms with Crippen LogP contribution in [-0.4, -0.2) is 57.4 Å². The number of amides is 4. The van der Waals surface area contributed by atoms with Crippen molar-refractivity contribution in [1.29, 1.82) is 0 Å². The maximum atomic E-state index is 14.4. The molecule has 2 fully saturated rings. The van der Waals surface area contributed by atoms with Crippen molar-refractivity contribution in [2.45, 2.75) is 64.0 Å². The van der Waals surface area contributed by atoms with E-state index in [1.807, 2.05) is 6.92 Å². The molecule has 1 aliphatic heterocycles. The van der Waals surface area contributed by atoms with Gasteiger partial charge in [-0.05, 0) is 51.0 Å². The highest BCUT2D eigenvalue weighted by Gasteiger charge is 2.40. The smallest absolute Gasteiger partial charge is 0.319 e. The van der Waals surface area contributed by atoms with Crippen molar-refractivity contribution in [3.05, 3.63) is 64.6 Å². The van der Waals surface area contributed by atoms with Crippen LogP contribution >= 0.6 is 11.6 Å². The lowest BCUT2D eigenvalue weighted by Crippen LogP contribution is -2.46. The van der Waals surface area contributed by atoms with Crippen molar-refractivity contribution in [2.75, 3.05) is 11.9 Å². The van der Waals surface area contributed by atoms with Gasteiger partial charge in [0, 0.05) is 52.4 Å². The first-order chi connectivity index (χ1) is 19.4. The summed E-state index contributed by atoms with van der Waals surface area (Å²) in [6, 6.07) is 8.02. The zero-order chi connectivity index (χ0) is 29.5. The van der Waals surface area contributed by atoms with Gasteiger partial charge >= 0.3 is 6.03 Å². The predicted octanol–water partition coefficient (Wildman–Crippen LogP) is 4.57. The van der Waals surface area contributed by atoms with E-state index in [2.05, 4.69) is 16.0 Å². The average molecular weight is 586 g/mol. The largest absolute Gasteiger partial charge is 0.350 e. The lowest BCUT2D eigenvalue weighted by molar-refractivity contribution is -0.139. The van der Waals surface area contributed by atoms with Gasteiger partial charge in [0.05, 0.1) is 11.6 Å². The minimum atomic E-state index is -1.40. The average Bonchev–Trinajstić information content (AvgIpc) is 3.33. The number of halogens is 3. The van der Waals surface area contributed by atoms with Gasteiger partial charge in [-0.3, -0.25) is 14.4 Å². The van der Waals surface area contributed by atoms with E-state index in [0.29, 0.717) is 22.2 Å². The van der Waals surface area contributed by atoms with Gasteiger partial charge in [0.2, 0.25) is 11.8 Å². The number of ketones is 1. The summed E-state index contributed by atoms with van der Waals surface area (Å²) in [6.07, 6.45) is 1.78. The van der Waals surface area contributed by atoms with Crippen LogP contribution in [0.2, 0.25) is 5.02 Å². The van der Waals surface area contributed by atoms with Crippen LogP contribution in [0.1, 0.15) is 49.0 Å². The normalized spacial score (nSPS) is 19.2. The summed E-state index contributed by atoms with van der Waals surface area (Å²) >= 11 is 5.80. The molecule has 0 bridgehead atoms. The lowest BCUT2D eigenvalue weighted by atomic mass is 10.1. The van der Waals surface area contributed by atoms with Crippen molar-refractivity contribution < 1.29 is 28.0 Å². The van der Waals surface area contributed by atoms with Gasteiger partial charge in [-0.2, -0.15) is 0 Å². The Balaban J connectivity index is 1.31. The van der Waals surface area contributed by atoms with Crippen LogP contribution in [0.15, 0.2) is 42.6 Å². The van der Waals surface area contributed by atoms with Crippen LogP contribution < -0.4 is 16.0 Å². The first-order valence-electron chi connectivity index (χ1n) is 13.3. The molecule has 216 valence electrons. The van der Waals surface area contributed by atoms with Crippen LogP contribution in [0.25, 0.3) is 10.9 Å². The monoisotopic (exact) mass is 585 g/mol. The number of carbonyl (C=O) groups is 4. The third kappa shape index (κ3) is 6.19. The number of likely N-dealkylation sites (tertiary alicyclic amines) is 1. The van der Waals surface area contributed by atoms with E-state index in [9.17, 15) is 28.0 Å². The second kappa shape index (κ2) is 11.1. The van der Waals surface area contributed by atoms with Crippen molar-refractivity contribution in [1.82, 2.24) is 20.1 Å². The SMILES string of the molecule is CC(=O)c1cn(CC(=O)N2CC(F)CC2C(=O)NCc2cccc(Cl)c2F)c2ccc(NC(=O)NC3(C)CC3)cc12. The molecule has 0 radical (unpaired) electrons. The molecule has 41 heavy (non-hydrogen) atoms. The molecule has 12 heteroatoms. The number of fused-ring (bicyclic) bond motifs is 1. The van der Waals surface area contributed by atoms with E-state index in [4.69, 9.17) is 11.6 Å². The van der Waals surface area contributed by atoms with E-state index in [1.54, 1.807) is 35.0 Å². The maximum absolute atomic E-state index is 14.4. The molecular formula is C29H30ClF2N5O4. The molecule has 2 atom stereocenters. The Morgan fingerprint density at radius 2 is 1.90 bits per heavy atom. The Kier molecular flexibility index (Phi) is 7.74. The molecule has 1 aliphatic carbocycles. The first-order valence-corrected chi connectivity index (χ1v) is 13.7. The number of alkyl halides is 1. The van der Waals surface area contributed by atoms with Gasteiger partial charge in [0.15, 0.2) is 5.78 Å². The van der Waals surface area contributed by atoms with Gasteiger partial charge in [0.25, 0.3) is 0 Å². The summed E-state index contributed by atoms with van der Waals surface area (Å²) in [5.41, 5.74) is 1.38. The molecule has 4 amide bonds. The molecule has 9 nitrogen and oxygen atoms in total. The number of hydrogen-bond donors (Lipinski definition) is 3. The highest BCUT2D eigenvalue weighted by atomic mass is 35.5. The molecule has 3 aromatic rings. The number of aromatic nitrogens is 1. The zero-order valence-corrected chi connectivity index (χ0v) is 23.4. The van der Waals surface area contributed by atoms with E-state index in [0.717, 1.165) is 12.8 Å². The second-order valence-corrected chi connectivity index (χ2v) is 11.3. The number of anilines is 1. The summed E-state index contributed by atoms with van der Waals surface area (Å²) in [7, 11) is 0. The molecule has 2 unspecified atom stereocenters. The molecule has 2 heterocycles. The quantitative estimate of drug-likeness (QED) is 0.336. The highest BCUT2D eigenvalue weighted by molar-refractivity contribution is 6.30. The van der Waals surface area contributed by atoms with Gasteiger partial charge < -0.3 is 25.4 Å². The van der Waals surface area contributed by atoms with E-state index in [-0.39, 0.29) is 54.0 Å². The molecule has 3 N–H and O–H groups in total. The third-order valence-corrected chi connectivity index (χ3v) is 7.89. The summed E-state index contributed by atoms with van der Waals surface area (Å²) < 4.78 is 30.2. The Labute approximate surface area is 240 Å². The van der Waals surface area contributed by atoms with Crippen molar-refractivity contribution >= 4 is 51.8 Å². The fraction of sp³-hybridized carbons (Fsp3) is 0.379. The standard InChI is InChI=1S/C29H30ClF2N5O4/c1-16(38)21-14-36(23-7-6-19(11-20(21)23)34-28(41)35-29(2)8-9-29)15-25(39)37-13-18(31)10-24(37)27(40)33-12-17-4-3-5-22(30)26(17)32/h3-7,11,14,18,24H,8-10,12-13,15H2,1-2H3,(H,33,40)(H2,34,35,41). The number of rotatable bonds is 8. The number of hydrogen-bond acceptors (Lipinski definition) is 4. The second-order valence-electron chi connectivity index (χ2n) is 10.9. The van der Waals surface area contributed by atoms with Crippen LogP contribution in [-0.2, 0) is 22.7 Å². The fourth-order valence-corrected chi connectivity index (χ4v) is 5.26. The van der Waals surface area contributed by atoms with Crippen molar-refractivity contribution in [3.63, 3.8) is 0 Å². The summed E-state index contributed by atoms with van der Waals surface area (Å²) in [6.45, 7) is 2.69. The number of Topliss-reactive ketones (excluding diaryl/α,β-unsaturated/α-hetero) is 1. The number of urea groups is 1. The summed E-state index contributed by atoms with van der Waals surface area (Å²) in [5, 5.41) is 8.73. The summed E-state index contributed by atoms with van der Waals surface area (Å²) in [5.74, 6) is -2.00. The Bertz CT molecular complexity index is 1550. The van der Waals surface area contributed by atoms with E-state index >= 15 is 0 Å². The highest BCUT2D eigenvalue weighted by Crippen LogP contribution is 2.34. The Morgan fingerprint density at radius 3 is 2.61 bits per heavy atom. The maximum Gasteiger partial charge on any atom is 0.319 e. The van der Waals surface area contributed by atoms with Gasteiger partial charge in [0.1, 0.15) is 24.6 Å². The van der Waals surface area contributed by atoms with Gasteiger partial charge in [-0.1, -0.05) is 23.7 Å². The summed E-state index contributed by atoms with van der Waals surface area (Å²) in [4.78, 5) is 52.2. The van der Waals surface area contributed by atoms with Crippen LogP contribution in [0.5, 0.6) is 0 Å². The minimum absolute atomic E-state index is 0.0825. The third-order valence-electron chi connectivity index (χ3n) is 7.60. The number of benzene rings is 2. The molecular weight excluding hydrogens is 556 g/mol. The molecule has 1 aromatic heterocycles.